The largest absolute Gasteiger partial charge is 0.497 e. The van der Waals surface area contributed by atoms with E-state index in [1.807, 2.05) is 36.3 Å². The molecular formula is C16H21N3O2. The first-order chi connectivity index (χ1) is 10.2. The second-order valence-corrected chi connectivity index (χ2v) is 5.39. The fourth-order valence-corrected chi connectivity index (χ4v) is 2.64. The van der Waals surface area contributed by atoms with Gasteiger partial charge in [-0.25, -0.2) is 0 Å². The molecule has 2 heterocycles. The van der Waals surface area contributed by atoms with Crippen molar-refractivity contribution in [3.8, 4) is 5.75 Å². The number of aryl methyl sites for hydroxylation is 1. The van der Waals surface area contributed by atoms with E-state index in [2.05, 4.69) is 22.1 Å². The summed E-state index contributed by atoms with van der Waals surface area (Å²) in [6.07, 6.45) is 4.04. The molecule has 1 aromatic carbocycles. The van der Waals surface area contributed by atoms with Crippen molar-refractivity contribution in [1.29, 1.82) is 0 Å². The average Bonchev–Trinajstić information content (AvgIpc) is 2.95. The van der Waals surface area contributed by atoms with Crippen LogP contribution < -0.4 is 4.74 Å². The Balaban J connectivity index is 1.62. The topological polar surface area (TPSA) is 39.5 Å². The van der Waals surface area contributed by atoms with Gasteiger partial charge in [0.25, 0.3) is 0 Å². The predicted octanol–water partition coefficient (Wildman–Crippen LogP) is 2.00. The number of morpholine rings is 1. The summed E-state index contributed by atoms with van der Waals surface area (Å²) in [4.78, 5) is 2.42. The highest BCUT2D eigenvalue weighted by atomic mass is 16.5. The van der Waals surface area contributed by atoms with E-state index in [4.69, 9.17) is 9.47 Å². The standard InChI is InChI=1S/C16H21N3O2/c1-18-11-14(9-17-18)16-12-19(7-8-21-16)10-13-3-5-15(20-2)6-4-13/h3-6,9,11,16H,7-8,10,12H2,1-2H3/t16-/m1/s1. The van der Waals surface area contributed by atoms with Crippen molar-refractivity contribution in [2.45, 2.75) is 12.6 Å². The van der Waals surface area contributed by atoms with Gasteiger partial charge in [-0.05, 0) is 17.7 Å². The SMILES string of the molecule is COc1ccc(CN2CCO[C@@H](c3cnn(C)c3)C2)cc1. The van der Waals surface area contributed by atoms with Gasteiger partial charge in [0.05, 0.1) is 26.0 Å². The molecule has 5 heteroatoms. The number of hydrogen-bond donors (Lipinski definition) is 0. The molecule has 0 N–H and O–H groups in total. The van der Waals surface area contributed by atoms with Gasteiger partial charge in [0.15, 0.2) is 0 Å². The van der Waals surface area contributed by atoms with Crippen LogP contribution in [0.5, 0.6) is 5.75 Å². The van der Waals surface area contributed by atoms with Crippen molar-refractivity contribution in [1.82, 2.24) is 14.7 Å². The molecule has 0 amide bonds. The van der Waals surface area contributed by atoms with Crippen molar-refractivity contribution in [2.75, 3.05) is 26.8 Å². The number of methoxy groups -OCH3 is 1. The molecule has 1 saturated heterocycles. The van der Waals surface area contributed by atoms with Crippen LogP contribution >= 0.6 is 0 Å². The third kappa shape index (κ3) is 3.43. The van der Waals surface area contributed by atoms with Crippen LogP contribution in [-0.4, -0.2) is 41.5 Å². The molecule has 0 bridgehead atoms. The number of hydrogen-bond acceptors (Lipinski definition) is 4. The van der Waals surface area contributed by atoms with Crippen molar-refractivity contribution in [3.63, 3.8) is 0 Å². The Morgan fingerprint density at radius 3 is 2.81 bits per heavy atom. The first-order valence-corrected chi connectivity index (χ1v) is 7.20. The van der Waals surface area contributed by atoms with Gasteiger partial charge in [-0.3, -0.25) is 9.58 Å². The van der Waals surface area contributed by atoms with Gasteiger partial charge in [-0.15, -0.1) is 0 Å². The quantitative estimate of drug-likeness (QED) is 0.862. The Kier molecular flexibility index (Phi) is 4.22. The smallest absolute Gasteiger partial charge is 0.118 e. The highest BCUT2D eigenvalue weighted by molar-refractivity contribution is 5.27. The molecular weight excluding hydrogens is 266 g/mol. The van der Waals surface area contributed by atoms with E-state index in [1.165, 1.54) is 5.56 Å². The van der Waals surface area contributed by atoms with Gasteiger partial charge < -0.3 is 9.47 Å². The summed E-state index contributed by atoms with van der Waals surface area (Å²) in [6, 6.07) is 8.25. The van der Waals surface area contributed by atoms with Gasteiger partial charge in [-0.2, -0.15) is 5.10 Å². The van der Waals surface area contributed by atoms with E-state index >= 15 is 0 Å². The van der Waals surface area contributed by atoms with Crippen LogP contribution in [0, 0.1) is 0 Å². The van der Waals surface area contributed by atoms with Gasteiger partial charge in [-0.1, -0.05) is 12.1 Å². The van der Waals surface area contributed by atoms with Crippen LogP contribution in [0.3, 0.4) is 0 Å². The number of rotatable bonds is 4. The summed E-state index contributed by atoms with van der Waals surface area (Å²) in [6.45, 7) is 3.56. The number of benzene rings is 1. The van der Waals surface area contributed by atoms with Crippen molar-refractivity contribution in [2.24, 2.45) is 7.05 Å². The lowest BCUT2D eigenvalue weighted by atomic mass is 10.1. The lowest BCUT2D eigenvalue weighted by Crippen LogP contribution is -2.37. The van der Waals surface area contributed by atoms with Crippen molar-refractivity contribution >= 4 is 0 Å². The molecule has 2 aromatic rings. The van der Waals surface area contributed by atoms with E-state index in [9.17, 15) is 0 Å². The maximum Gasteiger partial charge on any atom is 0.118 e. The normalized spacial score (nSPS) is 19.6. The monoisotopic (exact) mass is 287 g/mol. The van der Waals surface area contributed by atoms with Crippen LogP contribution in [0.25, 0.3) is 0 Å². The molecule has 1 aliphatic rings. The van der Waals surface area contributed by atoms with Crippen LogP contribution in [0.2, 0.25) is 0 Å². The van der Waals surface area contributed by atoms with Gasteiger partial charge in [0.2, 0.25) is 0 Å². The molecule has 0 spiro atoms. The Morgan fingerprint density at radius 2 is 2.14 bits per heavy atom. The Labute approximate surface area is 125 Å². The highest BCUT2D eigenvalue weighted by Crippen LogP contribution is 2.23. The number of aromatic nitrogens is 2. The first-order valence-electron chi connectivity index (χ1n) is 7.20. The fourth-order valence-electron chi connectivity index (χ4n) is 2.64. The van der Waals surface area contributed by atoms with Crippen LogP contribution in [0.1, 0.15) is 17.2 Å². The Bertz CT molecular complexity index is 579. The van der Waals surface area contributed by atoms with E-state index in [1.54, 1.807) is 7.11 Å². The fraction of sp³-hybridized carbons (Fsp3) is 0.438. The molecule has 0 radical (unpaired) electrons. The first kappa shape index (κ1) is 14.1. The van der Waals surface area contributed by atoms with E-state index < -0.39 is 0 Å². The summed E-state index contributed by atoms with van der Waals surface area (Å²) in [7, 11) is 3.62. The molecule has 3 rings (SSSR count). The summed E-state index contributed by atoms with van der Waals surface area (Å²) in [5, 5.41) is 4.22. The van der Waals surface area contributed by atoms with E-state index in [-0.39, 0.29) is 6.10 Å². The molecule has 0 aliphatic carbocycles. The van der Waals surface area contributed by atoms with E-state index in [0.29, 0.717) is 0 Å². The van der Waals surface area contributed by atoms with Crippen molar-refractivity contribution in [3.05, 3.63) is 47.8 Å². The minimum Gasteiger partial charge on any atom is -0.497 e. The van der Waals surface area contributed by atoms with E-state index in [0.717, 1.165) is 37.6 Å². The molecule has 1 fully saturated rings. The zero-order valence-corrected chi connectivity index (χ0v) is 12.5. The maximum absolute atomic E-state index is 5.87. The summed E-state index contributed by atoms with van der Waals surface area (Å²) in [5.74, 6) is 0.897. The summed E-state index contributed by atoms with van der Waals surface area (Å²) in [5.41, 5.74) is 2.44. The third-order valence-corrected chi connectivity index (χ3v) is 3.81. The molecule has 1 aliphatic heterocycles. The third-order valence-electron chi connectivity index (χ3n) is 3.81. The maximum atomic E-state index is 5.87. The minimum atomic E-state index is 0.116. The summed E-state index contributed by atoms with van der Waals surface area (Å²) < 4.78 is 12.9. The molecule has 0 saturated carbocycles. The van der Waals surface area contributed by atoms with Gasteiger partial charge in [0, 0.05) is 38.4 Å². The molecule has 21 heavy (non-hydrogen) atoms. The van der Waals surface area contributed by atoms with Crippen LogP contribution in [0.4, 0.5) is 0 Å². The second-order valence-electron chi connectivity index (χ2n) is 5.39. The minimum absolute atomic E-state index is 0.116. The summed E-state index contributed by atoms with van der Waals surface area (Å²) >= 11 is 0. The molecule has 0 unspecified atom stereocenters. The Morgan fingerprint density at radius 1 is 1.33 bits per heavy atom. The highest BCUT2D eigenvalue weighted by Gasteiger charge is 2.22. The van der Waals surface area contributed by atoms with Crippen LogP contribution in [-0.2, 0) is 18.3 Å². The van der Waals surface area contributed by atoms with Crippen LogP contribution in [0.15, 0.2) is 36.7 Å². The zero-order chi connectivity index (χ0) is 14.7. The zero-order valence-electron chi connectivity index (χ0n) is 12.5. The van der Waals surface area contributed by atoms with Crippen molar-refractivity contribution < 1.29 is 9.47 Å². The molecule has 1 aromatic heterocycles. The number of nitrogens with zero attached hydrogens (tertiary/aromatic N) is 3. The second kappa shape index (κ2) is 6.28. The van der Waals surface area contributed by atoms with Gasteiger partial charge >= 0.3 is 0 Å². The lowest BCUT2D eigenvalue weighted by Gasteiger charge is -2.32. The Hall–Kier alpha value is -1.85. The molecule has 112 valence electrons. The average molecular weight is 287 g/mol. The molecule has 5 nitrogen and oxygen atoms in total. The van der Waals surface area contributed by atoms with Gasteiger partial charge in [0.1, 0.15) is 5.75 Å². The predicted molar refractivity (Wildman–Crippen MR) is 80.2 cm³/mol. The molecule has 1 atom stereocenters. The number of ether oxygens (including phenoxy) is 2. The lowest BCUT2D eigenvalue weighted by molar-refractivity contribution is -0.0329.